The van der Waals surface area contributed by atoms with Crippen LogP contribution in [0, 0.1) is 11.3 Å². The Morgan fingerprint density at radius 2 is 1.73 bits per heavy atom. The van der Waals surface area contributed by atoms with Crippen LogP contribution in [0.25, 0.3) is 0 Å². The summed E-state index contributed by atoms with van der Waals surface area (Å²) in [4.78, 5) is 21.5. The van der Waals surface area contributed by atoms with Crippen LogP contribution in [0.5, 0.6) is 0 Å². The fraction of sp³-hybridized carbons (Fsp3) is 0.357. The van der Waals surface area contributed by atoms with E-state index in [0.29, 0.717) is 6.54 Å². The first-order chi connectivity index (χ1) is 16.1. The van der Waals surface area contributed by atoms with Gasteiger partial charge in [-0.1, -0.05) is 36.4 Å². The number of nitrogens with zero attached hydrogens (tertiary/aromatic N) is 3. The molecule has 1 unspecified atom stereocenters. The molecule has 2 aromatic carbocycles. The van der Waals surface area contributed by atoms with Crippen LogP contribution in [0.15, 0.2) is 79.1 Å². The van der Waals surface area contributed by atoms with E-state index in [2.05, 4.69) is 75.7 Å². The first kappa shape index (κ1) is 21.7. The molecule has 170 valence electrons. The van der Waals surface area contributed by atoms with Gasteiger partial charge in [0, 0.05) is 49.8 Å². The Morgan fingerprint density at radius 1 is 1.00 bits per heavy atom. The molecule has 3 aromatic rings. The molecule has 1 atom stereocenters. The molecule has 5 heteroatoms. The summed E-state index contributed by atoms with van der Waals surface area (Å²) in [7, 11) is 2.10. The number of anilines is 2. The number of benzene rings is 2. The van der Waals surface area contributed by atoms with Gasteiger partial charge in [-0.3, -0.25) is 14.7 Å². The normalized spacial score (nSPS) is 19.2. The van der Waals surface area contributed by atoms with Gasteiger partial charge < -0.3 is 10.2 Å². The third-order valence-electron chi connectivity index (χ3n) is 7.42. The molecule has 2 aliphatic rings. The van der Waals surface area contributed by atoms with E-state index in [0.717, 1.165) is 44.5 Å². The Hall–Kier alpha value is -3.18. The number of para-hydroxylation sites is 1. The number of piperidine rings is 1. The molecule has 1 saturated heterocycles. The largest absolute Gasteiger partial charge is 0.352 e. The van der Waals surface area contributed by atoms with Crippen molar-refractivity contribution in [3.63, 3.8) is 0 Å². The van der Waals surface area contributed by atoms with Crippen molar-refractivity contribution in [1.82, 2.24) is 15.2 Å². The van der Waals surface area contributed by atoms with Crippen molar-refractivity contribution in [2.75, 3.05) is 25.0 Å². The SMILES string of the molecule is CN(c1ccccc1)c1ccc(CN2CCC3(CC2)CC3C(=O)NCc2cccnc2)cc1. The molecule has 0 bridgehead atoms. The maximum atomic E-state index is 12.7. The van der Waals surface area contributed by atoms with Gasteiger partial charge in [-0.2, -0.15) is 0 Å². The topological polar surface area (TPSA) is 48.5 Å². The molecule has 1 spiro atoms. The predicted octanol–water partition coefficient (Wildman–Crippen LogP) is 4.77. The monoisotopic (exact) mass is 440 g/mol. The molecule has 1 amide bonds. The molecule has 1 saturated carbocycles. The minimum absolute atomic E-state index is 0.184. The summed E-state index contributed by atoms with van der Waals surface area (Å²) in [5.74, 6) is 0.398. The Balaban J connectivity index is 1.09. The summed E-state index contributed by atoms with van der Waals surface area (Å²) in [5, 5.41) is 3.11. The highest BCUT2D eigenvalue weighted by atomic mass is 16.2. The number of nitrogens with one attached hydrogen (secondary N) is 1. The number of carbonyl (C=O) groups is 1. The summed E-state index contributed by atoms with van der Waals surface area (Å²) in [6.45, 7) is 3.68. The highest BCUT2D eigenvalue weighted by molar-refractivity contribution is 5.82. The summed E-state index contributed by atoms with van der Waals surface area (Å²) in [6, 6.07) is 23.2. The molecule has 2 fully saturated rings. The third-order valence-corrected chi connectivity index (χ3v) is 7.42. The molecular formula is C28H32N4O. The highest BCUT2D eigenvalue weighted by Crippen LogP contribution is 2.59. The van der Waals surface area contributed by atoms with Crippen LogP contribution >= 0.6 is 0 Å². The van der Waals surface area contributed by atoms with Crippen LogP contribution < -0.4 is 10.2 Å². The van der Waals surface area contributed by atoms with Gasteiger partial charge >= 0.3 is 0 Å². The predicted molar refractivity (Wildman–Crippen MR) is 132 cm³/mol. The Morgan fingerprint density at radius 3 is 2.42 bits per heavy atom. The molecule has 5 nitrogen and oxygen atoms in total. The zero-order valence-corrected chi connectivity index (χ0v) is 19.3. The van der Waals surface area contributed by atoms with Crippen LogP contribution in [-0.4, -0.2) is 35.9 Å². The summed E-state index contributed by atoms with van der Waals surface area (Å²) < 4.78 is 0. The first-order valence-electron chi connectivity index (χ1n) is 11.9. The average Bonchev–Trinajstić information content (AvgIpc) is 3.58. The van der Waals surface area contributed by atoms with Crippen LogP contribution in [0.2, 0.25) is 0 Å². The molecule has 1 N–H and O–H groups in total. The minimum atomic E-state index is 0.184. The lowest BCUT2D eigenvalue weighted by Crippen LogP contribution is -2.36. The van der Waals surface area contributed by atoms with E-state index >= 15 is 0 Å². The van der Waals surface area contributed by atoms with Crippen LogP contribution in [0.1, 0.15) is 30.4 Å². The van der Waals surface area contributed by atoms with Gasteiger partial charge in [0.25, 0.3) is 0 Å². The molecule has 33 heavy (non-hydrogen) atoms. The number of likely N-dealkylation sites (tertiary alicyclic amines) is 1. The molecule has 2 heterocycles. The number of amides is 1. The Kier molecular flexibility index (Phi) is 6.14. The van der Waals surface area contributed by atoms with Gasteiger partial charge in [-0.25, -0.2) is 0 Å². The lowest BCUT2D eigenvalue weighted by molar-refractivity contribution is -0.123. The van der Waals surface area contributed by atoms with Crippen LogP contribution in [0.4, 0.5) is 11.4 Å². The zero-order valence-electron chi connectivity index (χ0n) is 19.3. The van der Waals surface area contributed by atoms with Crippen LogP contribution in [0.3, 0.4) is 0 Å². The quantitative estimate of drug-likeness (QED) is 0.575. The lowest BCUT2D eigenvalue weighted by atomic mass is 9.90. The number of pyridine rings is 1. The number of rotatable bonds is 7. The van der Waals surface area contributed by atoms with Crippen molar-refractivity contribution in [3.8, 4) is 0 Å². The van der Waals surface area contributed by atoms with E-state index in [1.165, 1.54) is 16.9 Å². The third kappa shape index (κ3) is 4.93. The van der Waals surface area contributed by atoms with E-state index in [-0.39, 0.29) is 17.2 Å². The van der Waals surface area contributed by atoms with Crippen molar-refractivity contribution >= 4 is 17.3 Å². The molecule has 5 rings (SSSR count). The Labute approximate surface area is 196 Å². The van der Waals surface area contributed by atoms with Gasteiger partial charge in [0.2, 0.25) is 5.91 Å². The smallest absolute Gasteiger partial charge is 0.223 e. The van der Waals surface area contributed by atoms with Crippen molar-refractivity contribution in [2.45, 2.75) is 32.4 Å². The van der Waals surface area contributed by atoms with Gasteiger partial charge in [0.1, 0.15) is 0 Å². The van der Waals surface area contributed by atoms with E-state index in [4.69, 9.17) is 0 Å². The molecule has 1 aliphatic carbocycles. The van der Waals surface area contributed by atoms with E-state index < -0.39 is 0 Å². The summed E-state index contributed by atoms with van der Waals surface area (Å²) in [5.41, 5.74) is 5.02. The second-order valence-electron chi connectivity index (χ2n) is 9.54. The standard InChI is InChI=1S/C28H32N4O/c1-31(24-7-3-2-4-8-24)25-11-9-22(10-12-25)21-32-16-13-28(14-17-32)18-26(28)27(33)30-20-23-6-5-15-29-19-23/h2-12,15,19,26H,13-14,16-18,20-21H2,1H3,(H,30,33). The van der Waals surface area contributed by atoms with Gasteiger partial charge in [0.05, 0.1) is 0 Å². The molecule has 1 aromatic heterocycles. The highest BCUT2D eigenvalue weighted by Gasteiger charge is 2.58. The van der Waals surface area contributed by atoms with Crippen molar-refractivity contribution in [2.24, 2.45) is 11.3 Å². The zero-order chi connectivity index (χ0) is 22.7. The summed E-state index contributed by atoms with van der Waals surface area (Å²) in [6.07, 6.45) is 6.85. The summed E-state index contributed by atoms with van der Waals surface area (Å²) >= 11 is 0. The number of aromatic nitrogens is 1. The first-order valence-corrected chi connectivity index (χ1v) is 11.9. The van der Waals surface area contributed by atoms with Crippen molar-refractivity contribution in [1.29, 1.82) is 0 Å². The lowest BCUT2D eigenvalue weighted by Gasteiger charge is -2.33. The van der Waals surface area contributed by atoms with E-state index in [1.54, 1.807) is 6.20 Å². The number of carbonyl (C=O) groups excluding carboxylic acids is 1. The van der Waals surface area contributed by atoms with Gasteiger partial charge in [-0.15, -0.1) is 0 Å². The Bertz CT molecular complexity index is 1060. The maximum Gasteiger partial charge on any atom is 0.223 e. The maximum absolute atomic E-state index is 12.7. The van der Waals surface area contributed by atoms with Gasteiger partial charge in [-0.05, 0) is 79.2 Å². The number of hydrogen-bond donors (Lipinski definition) is 1. The van der Waals surface area contributed by atoms with E-state index in [9.17, 15) is 4.79 Å². The fourth-order valence-corrected chi connectivity index (χ4v) is 5.13. The average molecular weight is 441 g/mol. The minimum Gasteiger partial charge on any atom is -0.352 e. The van der Waals surface area contributed by atoms with Crippen molar-refractivity contribution < 1.29 is 4.79 Å². The molecular weight excluding hydrogens is 408 g/mol. The second-order valence-corrected chi connectivity index (χ2v) is 9.54. The fourth-order valence-electron chi connectivity index (χ4n) is 5.13. The molecule has 1 aliphatic heterocycles. The van der Waals surface area contributed by atoms with Gasteiger partial charge in [0.15, 0.2) is 0 Å². The number of hydrogen-bond acceptors (Lipinski definition) is 4. The van der Waals surface area contributed by atoms with E-state index in [1.807, 2.05) is 24.4 Å². The second kappa shape index (κ2) is 9.36. The van der Waals surface area contributed by atoms with Crippen molar-refractivity contribution in [3.05, 3.63) is 90.3 Å². The van der Waals surface area contributed by atoms with Crippen LogP contribution in [-0.2, 0) is 17.9 Å². The molecule has 0 radical (unpaired) electrons.